The molecule has 0 aliphatic carbocycles. The highest BCUT2D eigenvalue weighted by atomic mass is 32.2. The molecule has 378 valence electrons. The van der Waals surface area contributed by atoms with E-state index in [1.807, 2.05) is 0 Å². The minimum atomic E-state index is -5.58. The highest BCUT2D eigenvalue weighted by Gasteiger charge is 2.50. The van der Waals surface area contributed by atoms with E-state index in [0.717, 1.165) is 67.5 Å². The van der Waals surface area contributed by atoms with Gasteiger partial charge in [0.1, 0.15) is 36.3 Å². The molecule has 0 radical (unpaired) electrons. The van der Waals surface area contributed by atoms with Gasteiger partial charge in [-0.15, -0.1) is 0 Å². The van der Waals surface area contributed by atoms with Crippen LogP contribution < -0.4 is 16.4 Å². The van der Waals surface area contributed by atoms with Crippen molar-refractivity contribution in [1.82, 2.24) is 30.2 Å². The van der Waals surface area contributed by atoms with Crippen molar-refractivity contribution in [2.75, 3.05) is 44.4 Å². The Morgan fingerprint density at radius 3 is 2.06 bits per heavy atom. The number of imidazole rings is 1. The van der Waals surface area contributed by atoms with Crippen molar-refractivity contribution in [1.29, 1.82) is 0 Å². The van der Waals surface area contributed by atoms with Gasteiger partial charge in [-0.1, -0.05) is 96.2 Å². The van der Waals surface area contributed by atoms with Crippen LogP contribution in [0.4, 0.5) is 5.82 Å². The molecular weight excluding hydrogens is 955 g/mol. The number of hydrogen-bond acceptors (Lipinski definition) is 19. The number of aliphatic hydroxyl groups is 3. The third-order valence-electron chi connectivity index (χ3n) is 10.3. The van der Waals surface area contributed by atoms with Crippen molar-refractivity contribution < 1.29 is 85.6 Å². The van der Waals surface area contributed by atoms with E-state index in [4.69, 9.17) is 24.6 Å². The van der Waals surface area contributed by atoms with E-state index in [2.05, 4.69) is 34.4 Å². The van der Waals surface area contributed by atoms with Crippen LogP contribution in [0.25, 0.3) is 11.2 Å². The fraction of sp³-hybridized carbons (Fsp3) is 0.784. The van der Waals surface area contributed by atoms with Crippen LogP contribution in [0.5, 0.6) is 0 Å². The molecule has 0 bridgehead atoms. The summed E-state index contributed by atoms with van der Waals surface area (Å²) in [4.78, 5) is 88.3. The van der Waals surface area contributed by atoms with Gasteiger partial charge in [-0.3, -0.25) is 32.5 Å². The molecule has 11 N–H and O–H groups in total. The number of hydrogen-bond donors (Lipinski definition) is 10. The first-order valence-corrected chi connectivity index (χ1v) is 27.2. The van der Waals surface area contributed by atoms with Crippen LogP contribution in [0.15, 0.2) is 12.7 Å². The summed E-state index contributed by atoms with van der Waals surface area (Å²) >= 11 is 1.14. The fourth-order valence-corrected chi connectivity index (χ4v) is 10.2. The molecule has 7 atom stereocenters. The van der Waals surface area contributed by atoms with E-state index in [1.165, 1.54) is 58.8 Å². The van der Waals surface area contributed by atoms with Crippen LogP contribution in [-0.4, -0.2) is 134 Å². The Labute approximate surface area is 387 Å². The van der Waals surface area contributed by atoms with Gasteiger partial charge in [-0.05, 0) is 12.8 Å². The number of carbonyl (C=O) groups is 3. The number of aromatic nitrogens is 4. The number of unbranched alkanes of at least 4 members (excludes halogenated alkanes) is 12. The quantitative estimate of drug-likeness (QED) is 0.0355. The van der Waals surface area contributed by atoms with Crippen LogP contribution in [0, 0.1) is 5.41 Å². The smallest absolute Gasteiger partial charge is 0.396 e. The Balaban J connectivity index is 1.31. The number of carbonyl (C=O) groups excluding carboxylic acids is 3. The molecule has 1 fully saturated rings. The number of rotatable bonds is 34. The molecule has 2 amide bonds. The van der Waals surface area contributed by atoms with E-state index in [-0.39, 0.29) is 48.2 Å². The van der Waals surface area contributed by atoms with Gasteiger partial charge in [-0.2, -0.15) is 4.31 Å². The number of phosphoric ester groups is 3. The highest BCUT2D eigenvalue weighted by Crippen LogP contribution is 2.61. The average Bonchev–Trinajstić information content (AvgIpc) is 3.80. The molecule has 2 aromatic rings. The molecule has 1 saturated heterocycles. The molecule has 66 heavy (non-hydrogen) atoms. The second-order valence-corrected chi connectivity index (χ2v) is 21.7. The van der Waals surface area contributed by atoms with Crippen LogP contribution in [0.1, 0.15) is 116 Å². The molecule has 2 aromatic heterocycles. The predicted molar refractivity (Wildman–Crippen MR) is 239 cm³/mol. The maximum atomic E-state index is 12.7. The van der Waals surface area contributed by atoms with E-state index in [1.54, 1.807) is 0 Å². The second kappa shape index (κ2) is 28.3. The Hall–Kier alpha value is -2.48. The summed E-state index contributed by atoms with van der Waals surface area (Å²) < 4.78 is 62.4. The van der Waals surface area contributed by atoms with Gasteiger partial charge in [0.15, 0.2) is 22.8 Å². The molecule has 1 aliphatic rings. The number of phosphoric acid groups is 3. The number of nitrogens with one attached hydrogen (secondary N) is 2. The Morgan fingerprint density at radius 2 is 1.45 bits per heavy atom. The largest absolute Gasteiger partial charge is 0.481 e. The average molecular weight is 1020 g/mol. The number of thioether (sulfide) groups is 1. The molecule has 3 rings (SSSR count). The van der Waals surface area contributed by atoms with Gasteiger partial charge in [-0.25, -0.2) is 28.6 Å². The summed E-state index contributed by atoms with van der Waals surface area (Å²) in [7, 11) is -16.4. The number of ether oxygens (including phenoxy) is 1. The Kier molecular flexibility index (Phi) is 24.8. The van der Waals surface area contributed by atoms with Crippen LogP contribution in [-0.2, 0) is 50.7 Å². The van der Waals surface area contributed by atoms with Crippen LogP contribution in [0.2, 0.25) is 0 Å². The van der Waals surface area contributed by atoms with Crippen molar-refractivity contribution in [2.45, 2.75) is 141 Å². The SMILES string of the molecule is CC(C)(COP(=O)(O)OP(=O)(O)OCC1OC(n2cnc3c(N)ncnc32)C(O)C1OP(=O)(O)O)C(O)C(=O)NCCC(=O)NCCSC(=O)CCCCCCCCCCCCCCCO. The van der Waals surface area contributed by atoms with Crippen molar-refractivity contribution >= 4 is 69.1 Å². The van der Waals surface area contributed by atoms with Gasteiger partial charge >= 0.3 is 23.5 Å². The van der Waals surface area contributed by atoms with Crippen LogP contribution in [0.3, 0.4) is 0 Å². The van der Waals surface area contributed by atoms with E-state index in [9.17, 15) is 57.9 Å². The van der Waals surface area contributed by atoms with Gasteiger partial charge in [0.05, 0.1) is 19.5 Å². The Bertz CT molecular complexity index is 1980. The zero-order valence-corrected chi connectivity index (χ0v) is 40.6. The summed E-state index contributed by atoms with van der Waals surface area (Å²) in [6.07, 6.45) is 8.28. The monoisotopic (exact) mass is 1020 g/mol. The normalized spacial score (nSPS) is 20.2. The summed E-state index contributed by atoms with van der Waals surface area (Å²) in [6.45, 7) is 0.828. The predicted octanol–water partition coefficient (Wildman–Crippen LogP) is 3.12. The lowest BCUT2D eigenvalue weighted by atomic mass is 9.87. The molecule has 3 heterocycles. The van der Waals surface area contributed by atoms with Crippen molar-refractivity contribution in [3.8, 4) is 0 Å². The molecule has 25 nitrogen and oxygen atoms in total. The molecule has 0 spiro atoms. The van der Waals surface area contributed by atoms with Crippen molar-refractivity contribution in [2.24, 2.45) is 5.41 Å². The van der Waals surface area contributed by atoms with E-state index >= 15 is 0 Å². The number of nitrogens with zero attached hydrogens (tertiary/aromatic N) is 4. The zero-order chi connectivity index (χ0) is 49.0. The second-order valence-electron chi connectivity index (χ2n) is 16.4. The molecular formula is C37H66N7O18P3S. The summed E-state index contributed by atoms with van der Waals surface area (Å²) in [5.41, 5.74) is 4.28. The Morgan fingerprint density at radius 1 is 0.864 bits per heavy atom. The fourth-order valence-electron chi connectivity index (χ4n) is 6.69. The first-order valence-electron chi connectivity index (χ1n) is 21.7. The highest BCUT2D eigenvalue weighted by molar-refractivity contribution is 8.13. The van der Waals surface area contributed by atoms with Crippen molar-refractivity contribution in [3.05, 3.63) is 12.7 Å². The first kappa shape index (κ1) is 57.8. The van der Waals surface area contributed by atoms with Gasteiger partial charge < -0.3 is 56.0 Å². The zero-order valence-electron chi connectivity index (χ0n) is 37.1. The summed E-state index contributed by atoms with van der Waals surface area (Å²) in [6, 6.07) is 0. The maximum absolute atomic E-state index is 12.7. The third kappa shape index (κ3) is 21.0. The molecule has 29 heteroatoms. The lowest BCUT2D eigenvalue weighted by molar-refractivity contribution is -0.137. The third-order valence-corrected chi connectivity index (χ3v) is 14.3. The standard InChI is InChI=1S/C37H66N7O18P3S/c1-37(2,32(49)35(50)40-18-17-27(46)39-19-21-66-28(47)16-14-12-10-8-6-4-3-5-7-9-11-13-15-20-45)23-59-65(56,57)62-64(54,55)58-22-26-31(61-63(51,52)53)30(48)36(60-26)44-25-43-29-33(38)41-24-42-34(29)44/h24-26,30-32,36,45,48-49H,3-23H2,1-2H3,(H,39,46)(H,40,50)(H,54,55)(H,56,57)(H2,38,41,42)(H2,51,52,53). The lowest BCUT2D eigenvalue weighted by Gasteiger charge is -2.30. The van der Waals surface area contributed by atoms with Crippen LogP contribution >= 0.6 is 35.2 Å². The number of nitrogen functional groups attached to an aromatic ring is 1. The minimum Gasteiger partial charge on any atom is -0.396 e. The number of anilines is 1. The number of nitrogens with two attached hydrogens (primary N) is 1. The topological polar surface area (TPSA) is 384 Å². The maximum Gasteiger partial charge on any atom is 0.481 e. The number of aliphatic hydroxyl groups excluding tert-OH is 3. The molecule has 7 unspecified atom stereocenters. The number of fused-ring (bicyclic) bond motifs is 1. The molecule has 0 aromatic carbocycles. The number of amides is 2. The summed E-state index contributed by atoms with van der Waals surface area (Å²) in [5.74, 6) is -1.04. The van der Waals surface area contributed by atoms with Gasteiger partial charge in [0.25, 0.3) is 0 Å². The first-order chi connectivity index (χ1) is 31.1. The minimum absolute atomic E-state index is 0.0314. The van der Waals surface area contributed by atoms with Crippen molar-refractivity contribution in [3.63, 3.8) is 0 Å². The van der Waals surface area contributed by atoms with Gasteiger partial charge in [0.2, 0.25) is 11.8 Å². The molecule has 1 aliphatic heterocycles. The van der Waals surface area contributed by atoms with E-state index in [0.29, 0.717) is 12.2 Å². The van der Waals surface area contributed by atoms with Gasteiger partial charge in [0, 0.05) is 43.7 Å². The molecule has 0 saturated carbocycles. The lowest BCUT2D eigenvalue weighted by Crippen LogP contribution is -2.46. The summed E-state index contributed by atoms with van der Waals surface area (Å²) in [5, 5.41) is 35.4. The van der Waals surface area contributed by atoms with E-state index < -0.39 is 84.6 Å².